The summed E-state index contributed by atoms with van der Waals surface area (Å²) in [5, 5.41) is 11.1. The van der Waals surface area contributed by atoms with Gasteiger partial charge in [-0.25, -0.2) is 9.59 Å². The molecule has 2 aliphatic rings. The maximum absolute atomic E-state index is 11.9. The fourth-order valence-corrected chi connectivity index (χ4v) is 2.30. The van der Waals surface area contributed by atoms with E-state index in [1.807, 2.05) is 0 Å². The number of amides is 2. The molecule has 1 saturated heterocycles. The number of rotatable bonds is 7. The Morgan fingerprint density at radius 2 is 1.90 bits per heavy atom. The van der Waals surface area contributed by atoms with E-state index >= 15 is 0 Å². The summed E-state index contributed by atoms with van der Waals surface area (Å²) < 4.78 is 4.86. The lowest BCUT2D eigenvalue weighted by Crippen LogP contribution is -2.52. The average molecular weight is 285 g/mol. The number of aliphatic carboxylic acids is 1. The molecule has 7 heteroatoms. The Hall–Kier alpha value is -1.34. The van der Waals surface area contributed by atoms with Crippen molar-refractivity contribution in [3.8, 4) is 0 Å². The summed E-state index contributed by atoms with van der Waals surface area (Å²) in [5.41, 5.74) is 0. The minimum Gasteiger partial charge on any atom is -0.480 e. The molecule has 114 valence electrons. The van der Waals surface area contributed by atoms with Gasteiger partial charge in [0, 0.05) is 39.3 Å². The van der Waals surface area contributed by atoms with Crippen LogP contribution in [0.4, 0.5) is 4.79 Å². The van der Waals surface area contributed by atoms with Gasteiger partial charge < -0.3 is 20.1 Å². The number of hydrogen-bond donors (Lipinski definition) is 2. The van der Waals surface area contributed by atoms with E-state index in [2.05, 4.69) is 10.2 Å². The zero-order chi connectivity index (χ0) is 14.4. The number of piperazine rings is 1. The van der Waals surface area contributed by atoms with Gasteiger partial charge >= 0.3 is 12.0 Å². The molecule has 0 spiro atoms. The summed E-state index contributed by atoms with van der Waals surface area (Å²) in [5.74, 6) is -0.107. The van der Waals surface area contributed by atoms with E-state index in [0.29, 0.717) is 6.54 Å². The molecule has 20 heavy (non-hydrogen) atoms. The Morgan fingerprint density at radius 1 is 1.20 bits per heavy atom. The number of carbonyl (C=O) groups is 2. The molecule has 1 aliphatic heterocycles. The van der Waals surface area contributed by atoms with Gasteiger partial charge in [-0.1, -0.05) is 0 Å². The maximum atomic E-state index is 11.9. The molecule has 0 atom stereocenters. The SMILES string of the molecule is O=C(O)COCCNC(=O)N1CCN(CC2CC2)CC1. The quantitative estimate of drug-likeness (QED) is 0.634. The first-order chi connectivity index (χ1) is 9.65. The third-order valence-electron chi connectivity index (χ3n) is 3.62. The number of carboxylic acids is 1. The highest BCUT2D eigenvalue weighted by atomic mass is 16.5. The normalized spacial score (nSPS) is 19.9. The smallest absolute Gasteiger partial charge is 0.329 e. The van der Waals surface area contributed by atoms with Crippen LogP contribution >= 0.6 is 0 Å². The summed E-state index contributed by atoms with van der Waals surface area (Å²) in [7, 11) is 0. The van der Waals surface area contributed by atoms with E-state index < -0.39 is 5.97 Å². The number of carbonyl (C=O) groups excluding carboxylic acids is 1. The van der Waals surface area contributed by atoms with E-state index in [1.54, 1.807) is 4.90 Å². The third kappa shape index (κ3) is 5.34. The average Bonchev–Trinajstić information content (AvgIpc) is 3.22. The van der Waals surface area contributed by atoms with Crippen LogP contribution in [0.3, 0.4) is 0 Å². The molecule has 2 fully saturated rings. The lowest BCUT2D eigenvalue weighted by molar-refractivity contribution is -0.142. The summed E-state index contributed by atoms with van der Waals surface area (Å²) in [4.78, 5) is 26.3. The molecule has 7 nitrogen and oxygen atoms in total. The maximum Gasteiger partial charge on any atom is 0.329 e. The molecule has 0 bridgehead atoms. The second-order valence-electron chi connectivity index (χ2n) is 5.41. The number of ether oxygens (including phenoxy) is 1. The van der Waals surface area contributed by atoms with Gasteiger partial charge in [0.2, 0.25) is 0 Å². The molecule has 1 saturated carbocycles. The Kier molecular flexibility index (Phi) is 5.60. The largest absolute Gasteiger partial charge is 0.480 e. The molecular formula is C13H23N3O4. The van der Waals surface area contributed by atoms with Crippen LogP contribution in [-0.2, 0) is 9.53 Å². The molecule has 1 heterocycles. The highest BCUT2D eigenvalue weighted by Gasteiger charge is 2.27. The van der Waals surface area contributed by atoms with Gasteiger partial charge in [0.1, 0.15) is 6.61 Å². The molecule has 2 rings (SSSR count). The van der Waals surface area contributed by atoms with Crippen molar-refractivity contribution in [3.05, 3.63) is 0 Å². The molecule has 0 aromatic rings. The first kappa shape index (κ1) is 15.1. The summed E-state index contributed by atoms with van der Waals surface area (Å²) >= 11 is 0. The predicted molar refractivity (Wildman–Crippen MR) is 72.6 cm³/mol. The minimum absolute atomic E-state index is 0.0880. The van der Waals surface area contributed by atoms with E-state index in [9.17, 15) is 9.59 Å². The minimum atomic E-state index is -0.997. The van der Waals surface area contributed by atoms with Crippen molar-refractivity contribution in [3.63, 3.8) is 0 Å². The highest BCUT2D eigenvalue weighted by Crippen LogP contribution is 2.29. The van der Waals surface area contributed by atoms with Gasteiger partial charge in [0.15, 0.2) is 0 Å². The van der Waals surface area contributed by atoms with Gasteiger partial charge in [-0.05, 0) is 18.8 Å². The molecule has 2 amide bonds. The fourth-order valence-electron chi connectivity index (χ4n) is 2.30. The standard InChI is InChI=1S/C13H23N3O4/c17-12(18)10-20-8-3-14-13(19)16-6-4-15(5-7-16)9-11-1-2-11/h11H,1-10H2,(H,14,19)(H,17,18). The Morgan fingerprint density at radius 3 is 2.50 bits per heavy atom. The van der Waals surface area contributed by atoms with Crippen molar-refractivity contribution in [1.82, 2.24) is 15.1 Å². The van der Waals surface area contributed by atoms with Crippen molar-refractivity contribution in [2.24, 2.45) is 5.92 Å². The van der Waals surface area contributed by atoms with E-state index in [1.165, 1.54) is 19.4 Å². The summed E-state index contributed by atoms with van der Waals surface area (Å²) in [6.07, 6.45) is 2.72. The van der Waals surface area contributed by atoms with E-state index in [-0.39, 0.29) is 19.2 Å². The Balaban J connectivity index is 1.53. The van der Waals surface area contributed by atoms with Crippen LogP contribution in [0.25, 0.3) is 0 Å². The van der Waals surface area contributed by atoms with Crippen molar-refractivity contribution < 1.29 is 19.4 Å². The highest BCUT2D eigenvalue weighted by molar-refractivity contribution is 5.74. The molecular weight excluding hydrogens is 262 g/mol. The molecule has 2 N–H and O–H groups in total. The lowest BCUT2D eigenvalue weighted by Gasteiger charge is -2.34. The predicted octanol–water partition coefficient (Wildman–Crippen LogP) is -0.175. The number of urea groups is 1. The van der Waals surface area contributed by atoms with Crippen molar-refractivity contribution in [1.29, 1.82) is 0 Å². The topological polar surface area (TPSA) is 82.1 Å². The number of hydrogen-bond acceptors (Lipinski definition) is 4. The van der Waals surface area contributed by atoms with Crippen molar-refractivity contribution in [2.75, 3.05) is 52.5 Å². The molecule has 0 unspecified atom stereocenters. The van der Waals surface area contributed by atoms with Crippen LogP contribution in [0.2, 0.25) is 0 Å². The van der Waals surface area contributed by atoms with Gasteiger partial charge in [-0.15, -0.1) is 0 Å². The molecule has 1 aliphatic carbocycles. The molecule has 0 radical (unpaired) electrons. The zero-order valence-electron chi connectivity index (χ0n) is 11.7. The second kappa shape index (κ2) is 7.44. The lowest BCUT2D eigenvalue weighted by atomic mass is 10.3. The van der Waals surface area contributed by atoms with Gasteiger partial charge in [-0.3, -0.25) is 4.90 Å². The first-order valence-electron chi connectivity index (χ1n) is 7.20. The third-order valence-corrected chi connectivity index (χ3v) is 3.62. The zero-order valence-corrected chi connectivity index (χ0v) is 11.7. The van der Waals surface area contributed by atoms with Crippen molar-refractivity contribution in [2.45, 2.75) is 12.8 Å². The number of carboxylic acid groups (broad SMARTS) is 1. The van der Waals surface area contributed by atoms with Crippen LogP contribution in [0, 0.1) is 5.92 Å². The molecule has 0 aromatic heterocycles. The fraction of sp³-hybridized carbons (Fsp3) is 0.846. The summed E-state index contributed by atoms with van der Waals surface area (Å²) in [6.45, 7) is 4.82. The van der Waals surface area contributed by atoms with Crippen LogP contribution in [0.5, 0.6) is 0 Å². The first-order valence-corrected chi connectivity index (χ1v) is 7.20. The van der Waals surface area contributed by atoms with Crippen molar-refractivity contribution >= 4 is 12.0 Å². The van der Waals surface area contributed by atoms with Gasteiger partial charge in [-0.2, -0.15) is 0 Å². The summed E-state index contributed by atoms with van der Waals surface area (Å²) in [6, 6.07) is -0.0880. The second-order valence-corrected chi connectivity index (χ2v) is 5.41. The Bertz CT molecular complexity index is 339. The van der Waals surface area contributed by atoms with Crippen LogP contribution in [0.15, 0.2) is 0 Å². The monoisotopic (exact) mass is 285 g/mol. The molecule has 0 aromatic carbocycles. The van der Waals surface area contributed by atoms with E-state index in [4.69, 9.17) is 9.84 Å². The van der Waals surface area contributed by atoms with Gasteiger partial charge in [0.25, 0.3) is 0 Å². The van der Waals surface area contributed by atoms with E-state index in [0.717, 1.165) is 32.1 Å². The van der Waals surface area contributed by atoms with Crippen LogP contribution in [-0.4, -0.2) is 79.4 Å². The number of nitrogens with zero attached hydrogens (tertiary/aromatic N) is 2. The van der Waals surface area contributed by atoms with Gasteiger partial charge in [0.05, 0.1) is 6.61 Å². The van der Waals surface area contributed by atoms with Crippen LogP contribution in [0.1, 0.15) is 12.8 Å². The number of nitrogens with one attached hydrogen (secondary N) is 1. The van der Waals surface area contributed by atoms with Crippen LogP contribution < -0.4 is 5.32 Å². The Labute approximate surface area is 118 Å².